The first kappa shape index (κ1) is 12.7. The van der Waals surface area contributed by atoms with Crippen LogP contribution in [0.25, 0.3) is 0 Å². The molecule has 76 valence electrons. The van der Waals surface area contributed by atoms with Gasteiger partial charge in [0.15, 0.2) is 0 Å². The van der Waals surface area contributed by atoms with Gasteiger partial charge in [0.1, 0.15) is 0 Å². The van der Waals surface area contributed by atoms with Crippen LogP contribution in [0.5, 0.6) is 0 Å². The van der Waals surface area contributed by atoms with Crippen LogP contribution < -0.4 is 0 Å². The summed E-state index contributed by atoms with van der Waals surface area (Å²) in [6.07, 6.45) is 13.1. The predicted molar refractivity (Wildman–Crippen MR) is 61.3 cm³/mol. The lowest BCUT2D eigenvalue weighted by molar-refractivity contribution is 0.629. The molecule has 0 aliphatic heterocycles. The van der Waals surface area contributed by atoms with Crippen molar-refractivity contribution in [2.75, 3.05) is 0 Å². The zero-order chi connectivity index (χ0) is 9.94. The summed E-state index contributed by atoms with van der Waals surface area (Å²) in [5, 5.41) is 0. The van der Waals surface area contributed by atoms with Crippen molar-refractivity contribution in [1.82, 2.24) is 0 Å². The molecule has 0 fully saturated rings. The van der Waals surface area contributed by atoms with Crippen molar-refractivity contribution in [3.8, 4) is 0 Å². The molecule has 0 saturated heterocycles. The maximum Gasteiger partial charge on any atom is -0.0236 e. The van der Waals surface area contributed by atoms with E-state index in [1.165, 1.54) is 32.1 Å². The molecule has 0 aliphatic rings. The van der Waals surface area contributed by atoms with Crippen LogP contribution in [0.1, 0.15) is 51.9 Å². The molecule has 0 rings (SSSR count). The monoisotopic (exact) mass is 180 g/mol. The van der Waals surface area contributed by atoms with Crippen LogP contribution in [0.2, 0.25) is 0 Å². The number of hydrogen-bond donors (Lipinski definition) is 0. The summed E-state index contributed by atoms with van der Waals surface area (Å²) < 4.78 is 0. The summed E-state index contributed by atoms with van der Waals surface area (Å²) in [5.74, 6) is 0.702. The Morgan fingerprint density at radius 1 is 1.15 bits per heavy atom. The van der Waals surface area contributed by atoms with Crippen molar-refractivity contribution < 1.29 is 0 Å². The molecular weight excluding hydrogens is 156 g/mol. The van der Waals surface area contributed by atoms with Gasteiger partial charge in [-0.05, 0) is 31.6 Å². The van der Waals surface area contributed by atoms with E-state index >= 15 is 0 Å². The van der Waals surface area contributed by atoms with Crippen molar-refractivity contribution in [2.45, 2.75) is 51.9 Å². The maximum atomic E-state index is 3.93. The molecule has 13 heavy (non-hydrogen) atoms. The van der Waals surface area contributed by atoms with E-state index in [9.17, 15) is 0 Å². The third-order valence-electron chi connectivity index (χ3n) is 2.42. The summed E-state index contributed by atoms with van der Waals surface area (Å²) in [7, 11) is 0. The third-order valence-corrected chi connectivity index (χ3v) is 2.42. The van der Waals surface area contributed by atoms with Crippen LogP contribution in [0.3, 0.4) is 0 Å². The van der Waals surface area contributed by atoms with Gasteiger partial charge in [-0.2, -0.15) is 0 Å². The molecule has 0 bridgehead atoms. The van der Waals surface area contributed by atoms with Gasteiger partial charge in [-0.3, -0.25) is 0 Å². The Balaban J connectivity index is 3.28. The maximum absolute atomic E-state index is 3.93. The Hall–Kier alpha value is -0.260. The number of hydrogen-bond acceptors (Lipinski definition) is 0. The second-order valence-electron chi connectivity index (χ2n) is 3.59. The first-order valence-electron chi connectivity index (χ1n) is 5.60. The summed E-state index contributed by atoms with van der Waals surface area (Å²) >= 11 is 0. The minimum Gasteiger partial charge on any atom is -0.0883 e. The quantitative estimate of drug-likeness (QED) is 0.379. The van der Waals surface area contributed by atoms with Gasteiger partial charge in [0.25, 0.3) is 0 Å². The Labute approximate surface area is 84.4 Å². The molecule has 0 nitrogen and oxygen atoms in total. The third kappa shape index (κ3) is 8.08. The van der Waals surface area contributed by atoms with Gasteiger partial charge in [0, 0.05) is 0 Å². The highest BCUT2D eigenvalue weighted by Gasteiger charge is 1.95. The average Bonchev–Trinajstić information content (AvgIpc) is 2.17. The van der Waals surface area contributed by atoms with Gasteiger partial charge in [-0.25, -0.2) is 0 Å². The molecule has 0 amide bonds. The summed E-state index contributed by atoms with van der Waals surface area (Å²) in [5.41, 5.74) is 0. The molecule has 0 aromatic rings. The highest BCUT2D eigenvalue weighted by molar-refractivity contribution is 4.88. The molecule has 0 aromatic carbocycles. The van der Waals surface area contributed by atoms with Crippen LogP contribution in [0.4, 0.5) is 0 Å². The van der Waals surface area contributed by atoms with Crippen molar-refractivity contribution in [3.63, 3.8) is 0 Å². The number of unbranched alkanes of at least 4 members (excludes halogenated alkanes) is 4. The first-order valence-corrected chi connectivity index (χ1v) is 5.60. The molecule has 1 atom stereocenters. The lowest BCUT2D eigenvalue weighted by atomic mass is 10.0. The van der Waals surface area contributed by atoms with Gasteiger partial charge >= 0.3 is 0 Å². The highest BCUT2D eigenvalue weighted by Crippen LogP contribution is 2.10. The molecule has 0 heterocycles. The zero-order valence-electron chi connectivity index (χ0n) is 9.10. The van der Waals surface area contributed by atoms with Crippen molar-refractivity contribution in [2.24, 2.45) is 5.92 Å². The van der Waals surface area contributed by atoms with Gasteiger partial charge in [-0.1, -0.05) is 52.2 Å². The molecule has 0 aliphatic carbocycles. The Kier molecular flexibility index (Phi) is 9.63. The number of rotatable bonds is 8. The Morgan fingerprint density at radius 3 is 2.46 bits per heavy atom. The molecule has 1 unspecified atom stereocenters. The normalized spacial score (nSPS) is 11.7. The minimum atomic E-state index is 0.702. The van der Waals surface area contributed by atoms with Crippen LogP contribution in [-0.4, -0.2) is 0 Å². The molecule has 0 aromatic heterocycles. The standard InChI is InChI=1S/C13H24/c1-4-7-8-9-10-11-12-13(5-2)6-3/h11-13H,1-2,4-10H2,3H3/b12-11+. The largest absolute Gasteiger partial charge is 0.0883 e. The van der Waals surface area contributed by atoms with E-state index in [2.05, 4.69) is 32.9 Å². The van der Waals surface area contributed by atoms with Crippen LogP contribution in [-0.2, 0) is 0 Å². The van der Waals surface area contributed by atoms with E-state index in [0.717, 1.165) is 12.8 Å². The lowest BCUT2D eigenvalue weighted by Gasteiger charge is -2.04. The fourth-order valence-electron chi connectivity index (χ4n) is 1.34. The average molecular weight is 180 g/mol. The zero-order valence-corrected chi connectivity index (χ0v) is 9.10. The van der Waals surface area contributed by atoms with E-state index in [4.69, 9.17) is 0 Å². The van der Waals surface area contributed by atoms with Crippen molar-refractivity contribution >= 4 is 0 Å². The highest BCUT2D eigenvalue weighted by atomic mass is 14.0. The fourth-order valence-corrected chi connectivity index (χ4v) is 1.34. The number of allylic oxidation sites excluding steroid dienone is 2. The molecule has 0 heteroatoms. The molecule has 0 spiro atoms. The predicted octanol–water partition coefficient (Wildman–Crippen LogP) is 4.58. The van der Waals surface area contributed by atoms with E-state index in [-0.39, 0.29) is 0 Å². The van der Waals surface area contributed by atoms with Crippen molar-refractivity contribution in [3.05, 3.63) is 26.0 Å². The van der Waals surface area contributed by atoms with E-state index in [1.807, 2.05) is 0 Å². The molecule has 0 saturated carbocycles. The minimum absolute atomic E-state index is 0.702. The van der Waals surface area contributed by atoms with Crippen molar-refractivity contribution in [1.29, 1.82) is 0 Å². The molecular formula is C13H24. The van der Waals surface area contributed by atoms with Gasteiger partial charge in [0.2, 0.25) is 0 Å². The van der Waals surface area contributed by atoms with Gasteiger partial charge in [0.05, 0.1) is 0 Å². The first-order chi connectivity index (χ1) is 6.35. The van der Waals surface area contributed by atoms with E-state index < -0.39 is 0 Å². The van der Waals surface area contributed by atoms with Crippen LogP contribution in [0, 0.1) is 19.8 Å². The Bertz CT molecular complexity index is 109. The van der Waals surface area contributed by atoms with E-state index in [0.29, 0.717) is 5.92 Å². The lowest BCUT2D eigenvalue weighted by Crippen LogP contribution is -1.90. The summed E-state index contributed by atoms with van der Waals surface area (Å²) in [6, 6.07) is 0. The second-order valence-corrected chi connectivity index (χ2v) is 3.59. The SMILES string of the molecule is [CH2]CCCCC/C=C/C(C[CH2])CC. The van der Waals surface area contributed by atoms with E-state index in [1.54, 1.807) is 0 Å². The molecule has 2 radical (unpaired) electrons. The smallest absolute Gasteiger partial charge is 0.0236 e. The summed E-state index contributed by atoms with van der Waals surface area (Å²) in [6.45, 7) is 9.98. The fraction of sp³-hybridized carbons (Fsp3) is 0.692. The van der Waals surface area contributed by atoms with Crippen LogP contribution in [0.15, 0.2) is 12.2 Å². The summed E-state index contributed by atoms with van der Waals surface area (Å²) in [4.78, 5) is 0. The Morgan fingerprint density at radius 2 is 1.92 bits per heavy atom. The van der Waals surface area contributed by atoms with Crippen LogP contribution >= 0.6 is 0 Å². The second kappa shape index (κ2) is 9.83. The topological polar surface area (TPSA) is 0 Å². The van der Waals surface area contributed by atoms with Gasteiger partial charge in [-0.15, -0.1) is 0 Å². The molecule has 0 N–H and O–H groups in total. The van der Waals surface area contributed by atoms with Gasteiger partial charge < -0.3 is 0 Å².